The van der Waals surface area contributed by atoms with E-state index in [0.717, 1.165) is 6.07 Å². The summed E-state index contributed by atoms with van der Waals surface area (Å²) in [5.74, 6) is -1.00. The van der Waals surface area contributed by atoms with Crippen LogP contribution >= 0.6 is 15.9 Å². The third-order valence-corrected chi connectivity index (χ3v) is 3.69. The van der Waals surface area contributed by atoms with Crippen molar-refractivity contribution < 1.29 is 14.0 Å². The van der Waals surface area contributed by atoms with Crippen LogP contribution < -0.4 is 0 Å². The second-order valence-corrected chi connectivity index (χ2v) is 5.21. The van der Waals surface area contributed by atoms with Crippen molar-refractivity contribution in [2.75, 3.05) is 26.7 Å². The standard InChI is InChI=1S/C14H18BrFN2O2/c1-4-18(5-2)13(19)9-17(3)14(20)11-8-10(16)6-7-12(11)15/h6-8H,4-5,9H2,1-3H3. The van der Waals surface area contributed by atoms with Gasteiger partial charge in [0.15, 0.2) is 0 Å². The molecule has 0 aliphatic heterocycles. The van der Waals surface area contributed by atoms with E-state index in [2.05, 4.69) is 15.9 Å². The fraction of sp³-hybridized carbons (Fsp3) is 0.429. The number of carbonyl (C=O) groups is 2. The summed E-state index contributed by atoms with van der Waals surface area (Å²) in [4.78, 5) is 27.1. The summed E-state index contributed by atoms with van der Waals surface area (Å²) in [7, 11) is 1.53. The van der Waals surface area contributed by atoms with Gasteiger partial charge in [0, 0.05) is 24.6 Å². The van der Waals surface area contributed by atoms with Crippen LogP contribution in [0, 0.1) is 5.82 Å². The Morgan fingerprint density at radius 1 is 1.25 bits per heavy atom. The lowest BCUT2D eigenvalue weighted by Crippen LogP contribution is -2.41. The van der Waals surface area contributed by atoms with E-state index in [-0.39, 0.29) is 18.0 Å². The molecule has 0 spiro atoms. The minimum atomic E-state index is -0.486. The maximum Gasteiger partial charge on any atom is 0.255 e. The first kappa shape index (κ1) is 16.6. The predicted octanol–water partition coefficient (Wildman–Crippen LogP) is 2.53. The van der Waals surface area contributed by atoms with Gasteiger partial charge in [-0.1, -0.05) is 0 Å². The van der Waals surface area contributed by atoms with Crippen molar-refractivity contribution in [3.8, 4) is 0 Å². The van der Waals surface area contributed by atoms with Crippen LogP contribution in [0.2, 0.25) is 0 Å². The predicted molar refractivity (Wildman–Crippen MR) is 79.0 cm³/mol. The van der Waals surface area contributed by atoms with Crippen molar-refractivity contribution in [1.82, 2.24) is 9.80 Å². The molecule has 0 N–H and O–H groups in total. The number of amides is 2. The molecular formula is C14H18BrFN2O2. The average molecular weight is 345 g/mol. The summed E-state index contributed by atoms with van der Waals surface area (Å²) < 4.78 is 13.7. The fourth-order valence-corrected chi connectivity index (χ4v) is 2.23. The lowest BCUT2D eigenvalue weighted by molar-refractivity contribution is -0.131. The minimum Gasteiger partial charge on any atom is -0.342 e. The lowest BCUT2D eigenvalue weighted by atomic mass is 10.2. The number of nitrogens with zero attached hydrogens (tertiary/aromatic N) is 2. The van der Waals surface area contributed by atoms with Crippen LogP contribution in [0.4, 0.5) is 4.39 Å². The number of halogens is 2. The van der Waals surface area contributed by atoms with Crippen LogP contribution in [0.5, 0.6) is 0 Å². The Hall–Kier alpha value is -1.43. The van der Waals surface area contributed by atoms with Gasteiger partial charge >= 0.3 is 0 Å². The highest BCUT2D eigenvalue weighted by molar-refractivity contribution is 9.10. The molecule has 0 unspecified atom stereocenters. The number of rotatable bonds is 5. The molecule has 110 valence electrons. The number of likely N-dealkylation sites (N-methyl/N-ethyl adjacent to an activating group) is 2. The van der Waals surface area contributed by atoms with Crippen LogP contribution in [0.15, 0.2) is 22.7 Å². The molecule has 0 aromatic heterocycles. The second kappa shape index (κ2) is 7.38. The van der Waals surface area contributed by atoms with Crippen molar-refractivity contribution >= 4 is 27.7 Å². The van der Waals surface area contributed by atoms with Gasteiger partial charge in [0.25, 0.3) is 5.91 Å². The van der Waals surface area contributed by atoms with Crippen LogP contribution in [-0.2, 0) is 4.79 Å². The van der Waals surface area contributed by atoms with Crippen LogP contribution in [0.3, 0.4) is 0 Å². The summed E-state index contributed by atoms with van der Waals surface area (Å²) in [5, 5.41) is 0. The fourth-order valence-electron chi connectivity index (χ4n) is 1.82. The number of hydrogen-bond acceptors (Lipinski definition) is 2. The van der Waals surface area contributed by atoms with Gasteiger partial charge in [0.05, 0.1) is 12.1 Å². The highest BCUT2D eigenvalue weighted by Gasteiger charge is 2.20. The van der Waals surface area contributed by atoms with Gasteiger partial charge in [0.1, 0.15) is 5.82 Å². The average Bonchev–Trinajstić information content (AvgIpc) is 2.42. The van der Waals surface area contributed by atoms with Gasteiger partial charge in [-0.25, -0.2) is 4.39 Å². The molecule has 6 heteroatoms. The van der Waals surface area contributed by atoms with Gasteiger partial charge in [0.2, 0.25) is 5.91 Å². The van der Waals surface area contributed by atoms with Gasteiger partial charge in [-0.2, -0.15) is 0 Å². The first-order chi connectivity index (χ1) is 9.40. The molecule has 2 amide bonds. The van der Waals surface area contributed by atoms with Crippen molar-refractivity contribution in [3.63, 3.8) is 0 Å². The van der Waals surface area contributed by atoms with Gasteiger partial charge < -0.3 is 9.80 Å². The van der Waals surface area contributed by atoms with Gasteiger partial charge in [-0.3, -0.25) is 9.59 Å². The smallest absolute Gasteiger partial charge is 0.255 e. The Labute approximate surface area is 126 Å². The van der Waals surface area contributed by atoms with Gasteiger partial charge in [-0.15, -0.1) is 0 Å². The van der Waals surface area contributed by atoms with Crippen LogP contribution in [-0.4, -0.2) is 48.3 Å². The minimum absolute atomic E-state index is 0.0243. The summed E-state index contributed by atoms with van der Waals surface area (Å²) >= 11 is 3.21. The van der Waals surface area contributed by atoms with E-state index in [1.807, 2.05) is 13.8 Å². The molecule has 20 heavy (non-hydrogen) atoms. The normalized spacial score (nSPS) is 10.2. The molecule has 0 aliphatic carbocycles. The van der Waals surface area contributed by atoms with Crippen LogP contribution in [0.1, 0.15) is 24.2 Å². The Morgan fingerprint density at radius 2 is 1.85 bits per heavy atom. The summed E-state index contributed by atoms with van der Waals surface area (Å²) in [5.41, 5.74) is 0.208. The first-order valence-corrected chi connectivity index (χ1v) is 7.18. The summed E-state index contributed by atoms with van der Waals surface area (Å²) in [6.45, 7) is 4.93. The maximum atomic E-state index is 13.2. The Bertz CT molecular complexity index is 504. The molecule has 0 radical (unpaired) electrons. The maximum absolute atomic E-state index is 13.2. The zero-order valence-corrected chi connectivity index (χ0v) is 13.4. The number of carbonyl (C=O) groups excluding carboxylic acids is 2. The summed E-state index contributed by atoms with van der Waals surface area (Å²) in [6, 6.07) is 3.90. The SMILES string of the molecule is CCN(CC)C(=O)CN(C)C(=O)c1cc(F)ccc1Br. The van der Waals surface area contributed by atoms with Crippen molar-refractivity contribution in [1.29, 1.82) is 0 Å². The van der Waals surface area contributed by atoms with Crippen molar-refractivity contribution in [3.05, 3.63) is 34.1 Å². The molecule has 4 nitrogen and oxygen atoms in total. The van der Waals surface area contributed by atoms with E-state index >= 15 is 0 Å². The number of benzene rings is 1. The molecule has 0 bridgehead atoms. The lowest BCUT2D eigenvalue weighted by Gasteiger charge is -2.23. The molecule has 1 aromatic rings. The summed E-state index contributed by atoms with van der Waals surface area (Å²) in [6.07, 6.45) is 0. The molecule has 1 aromatic carbocycles. The Morgan fingerprint density at radius 3 is 2.40 bits per heavy atom. The van der Waals surface area contributed by atoms with Crippen molar-refractivity contribution in [2.24, 2.45) is 0 Å². The van der Waals surface area contributed by atoms with E-state index in [9.17, 15) is 14.0 Å². The second-order valence-electron chi connectivity index (χ2n) is 4.35. The zero-order valence-electron chi connectivity index (χ0n) is 11.8. The van der Waals surface area contributed by atoms with Gasteiger partial charge in [-0.05, 0) is 48.0 Å². The zero-order chi connectivity index (χ0) is 15.3. The van der Waals surface area contributed by atoms with E-state index in [1.165, 1.54) is 24.1 Å². The topological polar surface area (TPSA) is 40.6 Å². The molecule has 0 saturated carbocycles. The molecule has 0 heterocycles. The molecule has 0 aliphatic rings. The molecule has 0 fully saturated rings. The van der Waals surface area contributed by atoms with E-state index < -0.39 is 11.7 Å². The quantitative estimate of drug-likeness (QED) is 0.823. The monoisotopic (exact) mass is 344 g/mol. The van der Waals surface area contributed by atoms with E-state index in [4.69, 9.17) is 0 Å². The van der Waals surface area contributed by atoms with E-state index in [1.54, 1.807) is 4.90 Å². The van der Waals surface area contributed by atoms with E-state index in [0.29, 0.717) is 17.6 Å². The largest absolute Gasteiger partial charge is 0.342 e. The third-order valence-electron chi connectivity index (χ3n) is 2.99. The molecule has 0 atom stereocenters. The number of hydrogen-bond donors (Lipinski definition) is 0. The Balaban J connectivity index is 2.82. The Kier molecular flexibility index (Phi) is 6.13. The molecule has 1 rings (SSSR count). The third kappa shape index (κ3) is 4.03. The molecular weight excluding hydrogens is 327 g/mol. The van der Waals surface area contributed by atoms with Crippen LogP contribution in [0.25, 0.3) is 0 Å². The first-order valence-electron chi connectivity index (χ1n) is 6.39. The molecule has 0 saturated heterocycles. The highest BCUT2D eigenvalue weighted by Crippen LogP contribution is 2.19. The highest BCUT2D eigenvalue weighted by atomic mass is 79.9. The van der Waals surface area contributed by atoms with Crippen molar-refractivity contribution in [2.45, 2.75) is 13.8 Å².